The number of carbonyl (C=O) groups excluding carboxylic acids is 2. The fraction of sp³-hybridized carbons (Fsp3) is 0.857. The van der Waals surface area contributed by atoms with Gasteiger partial charge in [-0.2, -0.15) is 8.42 Å². The average molecular weight is 429 g/mol. The predicted octanol–water partition coefficient (Wildman–Crippen LogP) is 1.74. The van der Waals surface area contributed by atoms with Gasteiger partial charge < -0.3 is 9.47 Å². The van der Waals surface area contributed by atoms with Crippen LogP contribution in [-0.2, 0) is 29.2 Å². The fourth-order valence-corrected chi connectivity index (χ4v) is 5.39. The summed E-state index contributed by atoms with van der Waals surface area (Å²) in [5.41, 5.74) is -4.91. The van der Waals surface area contributed by atoms with Gasteiger partial charge in [0.1, 0.15) is 16.5 Å². The van der Waals surface area contributed by atoms with Crippen molar-refractivity contribution in [3.05, 3.63) is 0 Å². The van der Waals surface area contributed by atoms with Gasteiger partial charge in [-0.25, -0.2) is 9.18 Å². The van der Waals surface area contributed by atoms with Gasteiger partial charge in [-0.15, -0.1) is 0 Å². The lowest BCUT2D eigenvalue weighted by Crippen LogP contribution is -2.62. The molecule has 0 aromatic carbocycles. The van der Waals surface area contributed by atoms with Crippen LogP contribution in [0.4, 0.5) is 4.39 Å². The van der Waals surface area contributed by atoms with E-state index in [0.29, 0.717) is 25.7 Å². The second-order valence-electron chi connectivity index (χ2n) is 7.19. The number of hydrogen-bond acceptors (Lipinski definition) is 6. The van der Waals surface area contributed by atoms with Crippen LogP contribution in [0.3, 0.4) is 0 Å². The number of carbonyl (C=O) groups is 2. The van der Waals surface area contributed by atoms with E-state index < -0.39 is 38.8 Å². The van der Waals surface area contributed by atoms with Crippen molar-refractivity contribution >= 4 is 38.0 Å². The molecule has 1 N–H and O–H groups in total. The molecule has 4 rings (SSSR count). The zero-order valence-corrected chi connectivity index (χ0v) is 15.1. The van der Waals surface area contributed by atoms with E-state index in [1.54, 1.807) is 0 Å². The Balaban J connectivity index is 1.81. The van der Waals surface area contributed by atoms with Crippen molar-refractivity contribution in [2.24, 2.45) is 11.8 Å². The van der Waals surface area contributed by atoms with Gasteiger partial charge in [0.05, 0.1) is 0 Å². The molecule has 136 valence electrons. The quantitative estimate of drug-likeness (QED) is 0.403. The first kappa shape index (κ1) is 18.1. The summed E-state index contributed by atoms with van der Waals surface area (Å²) in [6, 6.07) is 0. The number of esters is 2. The smallest absolute Gasteiger partial charge is 0.359 e. The van der Waals surface area contributed by atoms with Crippen molar-refractivity contribution in [1.29, 1.82) is 0 Å². The zero-order valence-electron chi connectivity index (χ0n) is 12.7. The lowest BCUT2D eigenvalue weighted by Gasteiger charge is -2.60. The van der Waals surface area contributed by atoms with E-state index >= 15 is 0 Å². The van der Waals surface area contributed by atoms with Gasteiger partial charge in [0, 0.05) is 6.42 Å². The Kier molecular flexibility index (Phi) is 4.45. The highest BCUT2D eigenvalue weighted by Gasteiger charge is 2.62. The molecule has 0 amide bonds. The molecule has 3 atom stereocenters. The van der Waals surface area contributed by atoms with Crippen molar-refractivity contribution < 1.29 is 36.4 Å². The predicted molar refractivity (Wildman–Crippen MR) is 82.6 cm³/mol. The van der Waals surface area contributed by atoms with Crippen molar-refractivity contribution in [1.82, 2.24) is 0 Å². The summed E-state index contributed by atoms with van der Waals surface area (Å²) in [5, 5.41) is 0.0478. The summed E-state index contributed by atoms with van der Waals surface area (Å²) in [4.78, 5) is 23.5. The summed E-state index contributed by atoms with van der Waals surface area (Å²) in [6.45, 7) is 0. The lowest BCUT2D eigenvalue weighted by atomic mass is 9.52. The van der Waals surface area contributed by atoms with Crippen LogP contribution in [0.15, 0.2) is 0 Å². The molecule has 0 saturated heterocycles. The third-order valence-electron chi connectivity index (χ3n) is 5.16. The molecule has 0 aliphatic heterocycles. The number of rotatable bonds is 5. The van der Waals surface area contributed by atoms with Gasteiger partial charge in [0.25, 0.3) is 0 Å². The Morgan fingerprint density at radius 1 is 1.17 bits per heavy atom. The summed E-state index contributed by atoms with van der Waals surface area (Å²) < 4.78 is 54.7. The van der Waals surface area contributed by atoms with Crippen LogP contribution in [0, 0.1) is 11.8 Å². The molecular weight excluding hydrogens is 411 g/mol. The third kappa shape index (κ3) is 3.32. The second kappa shape index (κ2) is 5.91. The molecule has 0 spiro atoms. The summed E-state index contributed by atoms with van der Waals surface area (Å²) in [6.07, 6.45) is 3.46. The molecule has 3 unspecified atom stereocenters. The maximum atomic E-state index is 13.5. The highest BCUT2D eigenvalue weighted by molar-refractivity contribution is 9.09. The monoisotopic (exact) mass is 428 g/mol. The molecule has 0 radical (unpaired) electrons. The first-order valence-electron chi connectivity index (χ1n) is 7.67. The largest absolute Gasteiger partial charge is 0.458 e. The summed E-state index contributed by atoms with van der Waals surface area (Å²) in [7, 11) is -5.16. The SMILES string of the molecule is O=C(CBr)OC12CC3CC(C1)CC(OC(=O)C(F)S(=O)(=O)O)(C3)C2. The van der Waals surface area contributed by atoms with Crippen LogP contribution in [-0.4, -0.2) is 46.9 Å². The van der Waals surface area contributed by atoms with Gasteiger partial charge in [-0.1, -0.05) is 15.9 Å². The molecular formula is C14H18BrFO7S. The van der Waals surface area contributed by atoms with Gasteiger partial charge >= 0.3 is 27.6 Å². The Morgan fingerprint density at radius 3 is 2.12 bits per heavy atom. The van der Waals surface area contributed by atoms with Crippen LogP contribution in [0.25, 0.3) is 0 Å². The van der Waals surface area contributed by atoms with Gasteiger partial charge in [-0.3, -0.25) is 9.35 Å². The third-order valence-corrected chi connectivity index (χ3v) is 6.33. The topological polar surface area (TPSA) is 107 Å². The molecule has 0 aromatic rings. The zero-order chi connectivity index (χ0) is 17.8. The Labute approximate surface area is 147 Å². The Bertz CT molecular complexity index is 650. The second-order valence-corrected chi connectivity index (χ2v) is 9.19. The van der Waals surface area contributed by atoms with Crippen LogP contribution < -0.4 is 0 Å². The van der Waals surface area contributed by atoms with E-state index in [4.69, 9.17) is 14.0 Å². The average Bonchev–Trinajstić information content (AvgIpc) is 2.42. The minimum atomic E-state index is -5.16. The van der Waals surface area contributed by atoms with E-state index in [0.717, 1.165) is 6.42 Å². The minimum Gasteiger partial charge on any atom is -0.458 e. The molecule has 4 aliphatic carbocycles. The first-order chi connectivity index (χ1) is 11.1. The summed E-state index contributed by atoms with van der Waals surface area (Å²) in [5.74, 6) is -1.68. The molecule has 4 aliphatic rings. The van der Waals surface area contributed by atoms with Gasteiger partial charge in [0.15, 0.2) is 0 Å². The Hall–Kier alpha value is -0.740. The van der Waals surface area contributed by atoms with Crippen LogP contribution >= 0.6 is 15.9 Å². The number of hydrogen-bond donors (Lipinski definition) is 1. The molecule has 7 nitrogen and oxygen atoms in total. The van der Waals surface area contributed by atoms with E-state index in [-0.39, 0.29) is 23.6 Å². The standard InChI is InChI=1S/C14H18BrFO7S/c15-6-10(17)22-13-2-8-1-9(3-13)5-14(4-8,7-13)23-12(18)11(16)24(19,20)21/h8-9,11H,1-7H2,(H,19,20,21). The molecule has 4 saturated carbocycles. The highest BCUT2D eigenvalue weighted by atomic mass is 79.9. The fourth-order valence-electron chi connectivity index (χ4n) is 4.98. The molecule has 0 aromatic heterocycles. The molecule has 4 fully saturated rings. The summed E-state index contributed by atoms with van der Waals surface area (Å²) >= 11 is 3.05. The normalized spacial score (nSPS) is 38.6. The van der Waals surface area contributed by atoms with Crippen molar-refractivity contribution in [3.63, 3.8) is 0 Å². The maximum absolute atomic E-state index is 13.5. The van der Waals surface area contributed by atoms with Crippen molar-refractivity contribution in [3.8, 4) is 0 Å². The van der Waals surface area contributed by atoms with Gasteiger partial charge in [0.2, 0.25) is 0 Å². The van der Waals surface area contributed by atoms with E-state index in [9.17, 15) is 22.4 Å². The molecule has 0 heterocycles. The lowest BCUT2D eigenvalue weighted by molar-refractivity contribution is -0.231. The Morgan fingerprint density at radius 2 is 1.67 bits per heavy atom. The number of ether oxygens (including phenoxy) is 2. The van der Waals surface area contributed by atoms with Crippen LogP contribution in [0.1, 0.15) is 38.5 Å². The van der Waals surface area contributed by atoms with Crippen LogP contribution in [0.5, 0.6) is 0 Å². The molecule has 4 bridgehead atoms. The van der Waals surface area contributed by atoms with Crippen molar-refractivity contribution in [2.45, 2.75) is 55.2 Å². The number of alkyl halides is 2. The molecule has 10 heteroatoms. The van der Waals surface area contributed by atoms with E-state index in [1.165, 1.54) is 0 Å². The van der Waals surface area contributed by atoms with Gasteiger partial charge in [-0.05, 0) is 43.9 Å². The van der Waals surface area contributed by atoms with E-state index in [2.05, 4.69) is 15.9 Å². The van der Waals surface area contributed by atoms with Crippen molar-refractivity contribution in [2.75, 3.05) is 5.33 Å². The van der Waals surface area contributed by atoms with Crippen LogP contribution in [0.2, 0.25) is 0 Å². The highest BCUT2D eigenvalue weighted by Crippen LogP contribution is 2.60. The number of halogens is 2. The first-order valence-corrected chi connectivity index (χ1v) is 10.3. The minimum absolute atomic E-state index is 0.0478. The maximum Gasteiger partial charge on any atom is 0.359 e. The molecule has 24 heavy (non-hydrogen) atoms. The van der Waals surface area contributed by atoms with E-state index in [1.807, 2.05) is 0 Å².